The average molecular weight is 309 g/mol. The van der Waals surface area contributed by atoms with Crippen LogP contribution in [0.15, 0.2) is 36.4 Å². The zero-order chi connectivity index (χ0) is 16.1. The first-order valence-electron chi connectivity index (χ1n) is 9.18. The molecule has 2 heteroatoms. The van der Waals surface area contributed by atoms with E-state index in [-0.39, 0.29) is 0 Å². The minimum atomic E-state index is 0.497. The third-order valence-corrected chi connectivity index (χ3v) is 3.76. The van der Waals surface area contributed by atoms with Gasteiger partial charge in [0.1, 0.15) is 0 Å². The Morgan fingerprint density at radius 3 is 1.18 bits per heavy atom. The quantitative estimate of drug-likeness (QED) is 0.245. The summed E-state index contributed by atoms with van der Waals surface area (Å²) in [6.07, 6.45) is 16.1. The standard InChI is InChI=1S/C14H30O2.C6H6/c1-2-3-4-5-6-7-8-9-10-11-12-13-14-16-15;1-2-4-6-5-3-1/h15H,2-14H2,1H3;1-6H. The van der Waals surface area contributed by atoms with Crippen LogP contribution >= 0.6 is 0 Å². The largest absolute Gasteiger partial charge is 0.252 e. The summed E-state index contributed by atoms with van der Waals surface area (Å²) in [5.74, 6) is 0. The second kappa shape index (κ2) is 20.1. The van der Waals surface area contributed by atoms with E-state index in [9.17, 15) is 0 Å². The van der Waals surface area contributed by atoms with E-state index in [2.05, 4.69) is 11.8 Å². The maximum Gasteiger partial charge on any atom is 0.0819 e. The van der Waals surface area contributed by atoms with Crippen LogP contribution in [0.2, 0.25) is 0 Å². The van der Waals surface area contributed by atoms with Gasteiger partial charge in [-0.1, -0.05) is 114 Å². The predicted octanol–water partition coefficient (Wildman–Crippen LogP) is 6.86. The molecular formula is C20H36O2. The lowest BCUT2D eigenvalue weighted by Gasteiger charge is -2.02. The van der Waals surface area contributed by atoms with Gasteiger partial charge in [-0.25, -0.2) is 4.89 Å². The summed E-state index contributed by atoms with van der Waals surface area (Å²) < 4.78 is 0. The van der Waals surface area contributed by atoms with E-state index in [0.29, 0.717) is 6.61 Å². The van der Waals surface area contributed by atoms with E-state index in [0.717, 1.165) is 6.42 Å². The molecule has 0 aliphatic carbocycles. The fraction of sp³-hybridized carbons (Fsp3) is 0.700. The molecule has 1 rings (SSSR count). The summed E-state index contributed by atoms with van der Waals surface area (Å²) in [7, 11) is 0. The van der Waals surface area contributed by atoms with Gasteiger partial charge in [0.15, 0.2) is 0 Å². The third-order valence-electron chi connectivity index (χ3n) is 3.76. The van der Waals surface area contributed by atoms with Gasteiger partial charge in [0.2, 0.25) is 0 Å². The molecule has 0 radical (unpaired) electrons. The van der Waals surface area contributed by atoms with Gasteiger partial charge < -0.3 is 0 Å². The van der Waals surface area contributed by atoms with Crippen LogP contribution in [0.1, 0.15) is 84.0 Å². The molecule has 1 aromatic rings. The first kappa shape index (κ1) is 21.1. The van der Waals surface area contributed by atoms with Crippen molar-refractivity contribution in [3.05, 3.63) is 36.4 Å². The van der Waals surface area contributed by atoms with Crippen LogP contribution in [0, 0.1) is 0 Å². The highest BCUT2D eigenvalue weighted by molar-refractivity contribution is 4.99. The molecule has 0 atom stereocenters. The molecule has 0 saturated heterocycles. The van der Waals surface area contributed by atoms with Crippen LogP contribution in [-0.2, 0) is 4.89 Å². The van der Waals surface area contributed by atoms with E-state index in [1.165, 1.54) is 70.6 Å². The molecule has 0 saturated carbocycles. The molecule has 0 amide bonds. The van der Waals surface area contributed by atoms with E-state index in [1.54, 1.807) is 0 Å². The Bertz CT molecular complexity index is 234. The van der Waals surface area contributed by atoms with Crippen molar-refractivity contribution in [2.45, 2.75) is 84.0 Å². The van der Waals surface area contributed by atoms with Crippen molar-refractivity contribution in [1.29, 1.82) is 0 Å². The molecule has 2 nitrogen and oxygen atoms in total. The molecular weight excluding hydrogens is 272 g/mol. The highest BCUT2D eigenvalue weighted by Gasteiger charge is 1.93. The Morgan fingerprint density at radius 1 is 0.545 bits per heavy atom. The van der Waals surface area contributed by atoms with Crippen LogP contribution in [0.25, 0.3) is 0 Å². The smallest absolute Gasteiger partial charge is 0.0819 e. The maximum absolute atomic E-state index is 8.13. The van der Waals surface area contributed by atoms with Crippen molar-refractivity contribution in [1.82, 2.24) is 0 Å². The molecule has 0 aliphatic rings. The third kappa shape index (κ3) is 19.1. The normalized spacial score (nSPS) is 10.1. The zero-order valence-corrected chi connectivity index (χ0v) is 14.5. The molecule has 0 bridgehead atoms. The maximum atomic E-state index is 8.13. The number of benzene rings is 1. The summed E-state index contributed by atoms with van der Waals surface area (Å²) >= 11 is 0. The van der Waals surface area contributed by atoms with E-state index >= 15 is 0 Å². The average Bonchev–Trinajstić information content (AvgIpc) is 2.58. The first-order chi connectivity index (χ1) is 10.9. The van der Waals surface area contributed by atoms with Crippen molar-refractivity contribution in [2.75, 3.05) is 6.61 Å². The van der Waals surface area contributed by atoms with Gasteiger partial charge >= 0.3 is 0 Å². The zero-order valence-electron chi connectivity index (χ0n) is 14.5. The van der Waals surface area contributed by atoms with Crippen molar-refractivity contribution in [2.24, 2.45) is 0 Å². The Morgan fingerprint density at radius 2 is 0.864 bits per heavy atom. The Balaban J connectivity index is 0.000000604. The molecule has 1 N–H and O–H groups in total. The number of rotatable bonds is 13. The van der Waals surface area contributed by atoms with E-state index < -0.39 is 0 Å². The van der Waals surface area contributed by atoms with Gasteiger partial charge in [-0.05, 0) is 6.42 Å². The van der Waals surface area contributed by atoms with Crippen LogP contribution in [0.5, 0.6) is 0 Å². The second-order valence-corrected chi connectivity index (χ2v) is 5.88. The molecule has 0 spiro atoms. The minimum absolute atomic E-state index is 0.497. The number of unbranched alkanes of at least 4 members (excludes halogenated alkanes) is 11. The second-order valence-electron chi connectivity index (χ2n) is 5.88. The van der Waals surface area contributed by atoms with Crippen molar-refractivity contribution in [3.8, 4) is 0 Å². The summed E-state index contributed by atoms with van der Waals surface area (Å²) in [6.45, 7) is 2.76. The van der Waals surface area contributed by atoms with Gasteiger partial charge in [-0.2, -0.15) is 0 Å². The van der Waals surface area contributed by atoms with Crippen molar-refractivity contribution in [3.63, 3.8) is 0 Å². The van der Waals surface area contributed by atoms with Crippen molar-refractivity contribution < 1.29 is 10.1 Å². The molecule has 128 valence electrons. The molecule has 1 aromatic carbocycles. The predicted molar refractivity (Wildman–Crippen MR) is 96.1 cm³/mol. The summed E-state index contributed by atoms with van der Waals surface area (Å²) in [4.78, 5) is 4.03. The van der Waals surface area contributed by atoms with Crippen molar-refractivity contribution >= 4 is 0 Å². The Hall–Kier alpha value is -0.860. The Labute approximate surface area is 137 Å². The van der Waals surface area contributed by atoms with Crippen LogP contribution in [0.3, 0.4) is 0 Å². The van der Waals surface area contributed by atoms with Crippen LogP contribution in [0.4, 0.5) is 0 Å². The monoisotopic (exact) mass is 308 g/mol. The SMILES string of the molecule is CCCCCCCCCCCCCCOO.c1ccccc1. The van der Waals surface area contributed by atoms with E-state index in [4.69, 9.17) is 5.26 Å². The molecule has 0 heterocycles. The first-order valence-corrected chi connectivity index (χ1v) is 9.18. The number of hydrogen-bond acceptors (Lipinski definition) is 2. The lowest BCUT2D eigenvalue weighted by atomic mass is 10.1. The highest BCUT2D eigenvalue weighted by Crippen LogP contribution is 2.11. The lowest BCUT2D eigenvalue weighted by molar-refractivity contribution is -0.242. The molecule has 0 aromatic heterocycles. The van der Waals surface area contributed by atoms with Gasteiger partial charge in [-0.15, -0.1) is 0 Å². The fourth-order valence-electron chi connectivity index (χ4n) is 2.39. The van der Waals surface area contributed by atoms with Gasteiger partial charge in [0.05, 0.1) is 6.61 Å². The molecule has 0 unspecified atom stereocenters. The topological polar surface area (TPSA) is 29.5 Å². The van der Waals surface area contributed by atoms with Gasteiger partial charge in [0.25, 0.3) is 0 Å². The van der Waals surface area contributed by atoms with Crippen LogP contribution in [-0.4, -0.2) is 11.9 Å². The summed E-state index contributed by atoms with van der Waals surface area (Å²) in [6, 6.07) is 12.0. The molecule has 22 heavy (non-hydrogen) atoms. The van der Waals surface area contributed by atoms with Gasteiger partial charge in [0, 0.05) is 0 Å². The summed E-state index contributed by atoms with van der Waals surface area (Å²) in [5.41, 5.74) is 0. The summed E-state index contributed by atoms with van der Waals surface area (Å²) in [5, 5.41) is 8.13. The van der Waals surface area contributed by atoms with E-state index in [1.807, 2.05) is 36.4 Å². The Kier molecular flexibility index (Phi) is 19.4. The minimum Gasteiger partial charge on any atom is -0.252 e. The lowest BCUT2D eigenvalue weighted by Crippen LogP contribution is -1.88. The van der Waals surface area contributed by atoms with Crippen LogP contribution < -0.4 is 0 Å². The van der Waals surface area contributed by atoms with Gasteiger partial charge in [-0.3, -0.25) is 5.26 Å². The molecule has 0 fully saturated rings. The number of hydrogen-bond donors (Lipinski definition) is 1. The fourth-order valence-corrected chi connectivity index (χ4v) is 2.39. The highest BCUT2D eigenvalue weighted by atomic mass is 17.1. The molecule has 0 aliphatic heterocycles.